The zero-order valence-corrected chi connectivity index (χ0v) is 15.8. The third kappa shape index (κ3) is 4.03. The summed E-state index contributed by atoms with van der Waals surface area (Å²) in [4.78, 5) is 20.3. The minimum absolute atomic E-state index is 0.124. The van der Waals surface area contributed by atoms with Crippen LogP contribution in [0.15, 0.2) is 22.7 Å². The van der Waals surface area contributed by atoms with E-state index in [4.69, 9.17) is 10.5 Å². The highest BCUT2D eigenvalue weighted by Crippen LogP contribution is 2.30. The number of hydrogen-bond acceptors (Lipinski definition) is 5. The summed E-state index contributed by atoms with van der Waals surface area (Å²) >= 11 is 3.47. The number of nitrogen functional groups attached to an aromatic ring is 1. The Morgan fingerprint density at radius 3 is 2.71 bits per heavy atom. The Balaban J connectivity index is 2.35. The van der Waals surface area contributed by atoms with Crippen molar-refractivity contribution in [3.8, 4) is 5.75 Å². The van der Waals surface area contributed by atoms with E-state index in [1.54, 1.807) is 14.0 Å². The summed E-state index contributed by atoms with van der Waals surface area (Å²) in [5, 5.41) is 2.60. The fourth-order valence-corrected chi connectivity index (χ4v) is 2.81. The molecule has 7 heteroatoms. The first kappa shape index (κ1) is 18.2. The fourth-order valence-electron chi connectivity index (χ4n) is 2.43. The Morgan fingerprint density at radius 1 is 1.38 bits per heavy atom. The molecule has 0 aliphatic heterocycles. The Labute approximate surface area is 150 Å². The number of aromatic nitrogens is 2. The van der Waals surface area contributed by atoms with E-state index in [-0.39, 0.29) is 18.5 Å². The standard InChI is InChI=1S/C17H21BrN4O2/c1-9(2)12-7-11(18)5-6-14(12)24-8-13-15(16(23)20-4)10(3)21-17(19)22-13/h5-7,9H,8H2,1-4H3,(H,20,23)(H2,19,21,22). The minimum Gasteiger partial charge on any atom is -0.487 e. The molecule has 0 saturated carbocycles. The van der Waals surface area contributed by atoms with Crippen LogP contribution in [0.1, 0.15) is 47.1 Å². The number of halogens is 1. The van der Waals surface area contributed by atoms with E-state index in [9.17, 15) is 4.79 Å². The van der Waals surface area contributed by atoms with Crippen LogP contribution in [0.2, 0.25) is 0 Å². The number of nitrogens with one attached hydrogen (secondary N) is 1. The summed E-state index contributed by atoms with van der Waals surface area (Å²) in [6.45, 7) is 6.05. The zero-order chi connectivity index (χ0) is 17.9. The van der Waals surface area contributed by atoms with Gasteiger partial charge in [-0.25, -0.2) is 9.97 Å². The van der Waals surface area contributed by atoms with Crippen molar-refractivity contribution < 1.29 is 9.53 Å². The number of carbonyl (C=O) groups excluding carboxylic acids is 1. The van der Waals surface area contributed by atoms with Crippen molar-refractivity contribution >= 4 is 27.8 Å². The molecule has 0 aliphatic rings. The average Bonchev–Trinajstić information content (AvgIpc) is 2.52. The molecule has 2 rings (SSSR count). The first-order chi connectivity index (χ1) is 11.3. The summed E-state index contributed by atoms with van der Waals surface area (Å²) in [5.41, 5.74) is 8.19. The van der Waals surface area contributed by atoms with Gasteiger partial charge in [0.05, 0.1) is 17.0 Å². The maximum absolute atomic E-state index is 12.1. The van der Waals surface area contributed by atoms with Gasteiger partial charge in [0.1, 0.15) is 12.4 Å². The van der Waals surface area contributed by atoms with Crippen molar-refractivity contribution in [2.75, 3.05) is 12.8 Å². The van der Waals surface area contributed by atoms with E-state index in [2.05, 4.69) is 45.1 Å². The second-order valence-electron chi connectivity index (χ2n) is 5.69. The number of rotatable bonds is 5. The second-order valence-corrected chi connectivity index (χ2v) is 6.61. The SMILES string of the molecule is CNC(=O)c1c(C)nc(N)nc1COc1ccc(Br)cc1C(C)C. The minimum atomic E-state index is -0.258. The number of nitrogens with zero attached hydrogens (tertiary/aromatic N) is 2. The summed E-state index contributed by atoms with van der Waals surface area (Å²) in [5.74, 6) is 0.920. The highest BCUT2D eigenvalue weighted by molar-refractivity contribution is 9.10. The van der Waals surface area contributed by atoms with Gasteiger partial charge >= 0.3 is 0 Å². The van der Waals surface area contributed by atoms with Gasteiger partial charge in [0.25, 0.3) is 5.91 Å². The molecule has 24 heavy (non-hydrogen) atoms. The fraction of sp³-hybridized carbons (Fsp3) is 0.353. The van der Waals surface area contributed by atoms with E-state index in [1.165, 1.54) is 0 Å². The molecule has 1 amide bonds. The Bertz CT molecular complexity index is 762. The van der Waals surface area contributed by atoms with Crippen LogP contribution in [0.5, 0.6) is 5.75 Å². The predicted octanol–water partition coefficient (Wildman–Crippen LogP) is 3.19. The number of hydrogen-bond donors (Lipinski definition) is 2. The normalized spacial score (nSPS) is 10.8. The summed E-state index contributed by atoms with van der Waals surface area (Å²) < 4.78 is 6.93. The molecular weight excluding hydrogens is 372 g/mol. The van der Waals surface area contributed by atoms with Gasteiger partial charge < -0.3 is 15.8 Å². The van der Waals surface area contributed by atoms with Gasteiger partial charge in [-0.15, -0.1) is 0 Å². The van der Waals surface area contributed by atoms with E-state index < -0.39 is 0 Å². The third-order valence-electron chi connectivity index (χ3n) is 3.59. The molecule has 1 aromatic heterocycles. The summed E-state index contributed by atoms with van der Waals surface area (Å²) in [6, 6.07) is 5.84. The first-order valence-electron chi connectivity index (χ1n) is 7.60. The quantitative estimate of drug-likeness (QED) is 0.814. The predicted molar refractivity (Wildman–Crippen MR) is 97.1 cm³/mol. The Kier molecular flexibility index (Phi) is 5.77. The molecule has 0 radical (unpaired) electrons. The van der Waals surface area contributed by atoms with Crippen LogP contribution in [0.3, 0.4) is 0 Å². The molecule has 0 bridgehead atoms. The molecule has 0 atom stereocenters. The van der Waals surface area contributed by atoms with Crippen LogP contribution in [0.25, 0.3) is 0 Å². The number of anilines is 1. The number of benzene rings is 1. The molecule has 2 aromatic rings. The average molecular weight is 393 g/mol. The van der Waals surface area contributed by atoms with Crippen molar-refractivity contribution in [2.24, 2.45) is 0 Å². The third-order valence-corrected chi connectivity index (χ3v) is 4.09. The second kappa shape index (κ2) is 7.61. The van der Waals surface area contributed by atoms with Gasteiger partial charge in [-0.05, 0) is 36.6 Å². The summed E-state index contributed by atoms with van der Waals surface area (Å²) in [7, 11) is 1.56. The van der Waals surface area contributed by atoms with Crippen molar-refractivity contribution in [1.29, 1.82) is 0 Å². The van der Waals surface area contributed by atoms with Gasteiger partial charge in [-0.2, -0.15) is 0 Å². The molecule has 0 fully saturated rings. The molecular formula is C17H21BrN4O2. The number of amides is 1. The van der Waals surface area contributed by atoms with Crippen LogP contribution >= 0.6 is 15.9 Å². The monoisotopic (exact) mass is 392 g/mol. The molecule has 6 nitrogen and oxygen atoms in total. The lowest BCUT2D eigenvalue weighted by atomic mass is 10.0. The molecule has 1 heterocycles. The molecule has 0 saturated heterocycles. The maximum Gasteiger partial charge on any atom is 0.254 e. The maximum atomic E-state index is 12.1. The first-order valence-corrected chi connectivity index (χ1v) is 8.40. The number of ether oxygens (including phenoxy) is 1. The Morgan fingerprint density at radius 2 is 2.08 bits per heavy atom. The van der Waals surface area contributed by atoms with Crippen molar-refractivity contribution in [3.05, 3.63) is 45.2 Å². The van der Waals surface area contributed by atoms with Crippen LogP contribution in [0.4, 0.5) is 5.95 Å². The van der Waals surface area contributed by atoms with E-state index in [1.807, 2.05) is 18.2 Å². The van der Waals surface area contributed by atoms with Gasteiger partial charge in [-0.1, -0.05) is 29.8 Å². The van der Waals surface area contributed by atoms with Crippen molar-refractivity contribution in [1.82, 2.24) is 15.3 Å². The topological polar surface area (TPSA) is 90.1 Å². The highest BCUT2D eigenvalue weighted by atomic mass is 79.9. The number of nitrogens with two attached hydrogens (primary N) is 1. The van der Waals surface area contributed by atoms with Crippen LogP contribution in [-0.4, -0.2) is 22.9 Å². The largest absolute Gasteiger partial charge is 0.487 e. The zero-order valence-electron chi connectivity index (χ0n) is 14.2. The van der Waals surface area contributed by atoms with Gasteiger partial charge in [-0.3, -0.25) is 4.79 Å². The molecule has 0 aliphatic carbocycles. The van der Waals surface area contributed by atoms with Gasteiger partial charge in [0, 0.05) is 11.5 Å². The number of aryl methyl sites for hydroxylation is 1. The van der Waals surface area contributed by atoms with E-state index in [0.717, 1.165) is 15.8 Å². The highest BCUT2D eigenvalue weighted by Gasteiger charge is 2.18. The lowest BCUT2D eigenvalue weighted by molar-refractivity contribution is 0.0959. The summed E-state index contributed by atoms with van der Waals surface area (Å²) in [6.07, 6.45) is 0. The van der Waals surface area contributed by atoms with E-state index in [0.29, 0.717) is 22.9 Å². The lowest BCUT2D eigenvalue weighted by Crippen LogP contribution is -2.23. The molecule has 0 spiro atoms. The van der Waals surface area contributed by atoms with Crippen LogP contribution < -0.4 is 15.8 Å². The molecule has 0 unspecified atom stereocenters. The van der Waals surface area contributed by atoms with E-state index >= 15 is 0 Å². The van der Waals surface area contributed by atoms with Crippen molar-refractivity contribution in [2.45, 2.75) is 33.3 Å². The Hall–Kier alpha value is -2.15. The lowest BCUT2D eigenvalue weighted by Gasteiger charge is -2.16. The van der Waals surface area contributed by atoms with Crippen molar-refractivity contribution in [3.63, 3.8) is 0 Å². The number of carbonyl (C=O) groups is 1. The molecule has 1 aromatic carbocycles. The van der Waals surface area contributed by atoms with Gasteiger partial charge in [0.2, 0.25) is 5.95 Å². The van der Waals surface area contributed by atoms with Gasteiger partial charge in [0.15, 0.2) is 0 Å². The van der Waals surface area contributed by atoms with Crippen LogP contribution in [0, 0.1) is 6.92 Å². The molecule has 128 valence electrons. The smallest absolute Gasteiger partial charge is 0.254 e. The molecule has 3 N–H and O–H groups in total. The van der Waals surface area contributed by atoms with Crippen LogP contribution in [-0.2, 0) is 6.61 Å².